The van der Waals surface area contributed by atoms with Gasteiger partial charge in [0.1, 0.15) is 11.3 Å². The average molecular weight is 556 g/mol. The molecule has 2 N–H and O–H groups in total. The van der Waals surface area contributed by atoms with Crippen molar-refractivity contribution in [1.82, 2.24) is 28.8 Å². The fourth-order valence-corrected chi connectivity index (χ4v) is 8.00. The molecular formula is C30H33N7O2S. The second-order valence-corrected chi connectivity index (χ2v) is 12.7. The maximum absolute atomic E-state index is 13.7. The number of fused-ring (bicyclic) bond motifs is 4. The molecule has 2 saturated carbocycles. The lowest BCUT2D eigenvalue weighted by Gasteiger charge is -2.27. The van der Waals surface area contributed by atoms with Gasteiger partial charge in [0, 0.05) is 62.0 Å². The van der Waals surface area contributed by atoms with E-state index < -0.39 is 0 Å². The smallest absolute Gasteiger partial charge is 0.254 e. The molecule has 0 unspecified atom stereocenters. The third kappa shape index (κ3) is 3.51. The van der Waals surface area contributed by atoms with Crippen LogP contribution in [-0.2, 0) is 20.6 Å². The zero-order valence-corrected chi connectivity index (χ0v) is 23.8. The van der Waals surface area contributed by atoms with Gasteiger partial charge in [-0.1, -0.05) is 0 Å². The van der Waals surface area contributed by atoms with E-state index in [1.54, 1.807) is 18.4 Å². The van der Waals surface area contributed by atoms with E-state index in [0.717, 1.165) is 59.7 Å². The van der Waals surface area contributed by atoms with Gasteiger partial charge in [-0.15, -0.1) is 11.3 Å². The van der Waals surface area contributed by atoms with Gasteiger partial charge >= 0.3 is 0 Å². The van der Waals surface area contributed by atoms with Gasteiger partial charge < -0.3 is 24.5 Å². The number of benzene rings is 1. The summed E-state index contributed by atoms with van der Waals surface area (Å²) in [5.74, 6) is 2.64. The van der Waals surface area contributed by atoms with Crippen molar-refractivity contribution in [3.05, 3.63) is 41.4 Å². The van der Waals surface area contributed by atoms with Crippen LogP contribution in [0.15, 0.2) is 35.8 Å². The predicted octanol–water partition coefficient (Wildman–Crippen LogP) is 4.64. The molecule has 8 rings (SSSR count). The SMILES string of the molecule is COc1cc(C(=O)N2C[C@H]3CC[C@@H]2[C@@H]3N)cc2nc(-c3cc4scc(-c5ccn(C)n5)c4n3CC3CC3)n(C)c12. The molecule has 5 aromatic rings. The van der Waals surface area contributed by atoms with Crippen LogP contribution < -0.4 is 10.5 Å². The molecular weight excluding hydrogens is 522 g/mol. The molecule has 9 nitrogen and oxygen atoms in total. The molecule has 2 bridgehead atoms. The van der Waals surface area contributed by atoms with Crippen molar-refractivity contribution >= 4 is 38.5 Å². The lowest BCUT2D eigenvalue weighted by molar-refractivity contribution is 0.0700. The van der Waals surface area contributed by atoms with Gasteiger partial charge in [-0.3, -0.25) is 9.48 Å². The van der Waals surface area contributed by atoms with Crippen molar-refractivity contribution in [1.29, 1.82) is 0 Å². The van der Waals surface area contributed by atoms with Crippen molar-refractivity contribution in [2.75, 3.05) is 13.7 Å². The largest absolute Gasteiger partial charge is 0.494 e. The number of methoxy groups -OCH3 is 1. The van der Waals surface area contributed by atoms with E-state index in [2.05, 4.69) is 26.6 Å². The van der Waals surface area contributed by atoms with Gasteiger partial charge in [0.15, 0.2) is 5.82 Å². The number of carbonyl (C=O) groups excluding carboxylic acids is 1. The van der Waals surface area contributed by atoms with Crippen molar-refractivity contribution in [3.8, 4) is 28.5 Å². The van der Waals surface area contributed by atoms with Crippen LogP contribution in [0.4, 0.5) is 0 Å². The number of ether oxygens (including phenoxy) is 1. The van der Waals surface area contributed by atoms with Crippen LogP contribution in [0, 0.1) is 11.8 Å². The first-order chi connectivity index (χ1) is 19.4. The number of amides is 1. The number of nitrogens with two attached hydrogens (primary N) is 1. The van der Waals surface area contributed by atoms with Crippen LogP contribution in [0.25, 0.3) is 44.0 Å². The normalized spacial score (nSPS) is 22.3. The Kier molecular flexibility index (Phi) is 5.25. The standard InChI is InChI=1S/C30H33N7O2S/c1-34-9-8-20(33-34)19-15-40-25-12-23(36(27(19)25)13-16-4-5-16)29-32-21-10-18(11-24(39-3)28(21)35(29)2)30(38)37-14-17-6-7-22(37)26(17)31/h8-12,15-17,22,26H,4-7,13-14,31H2,1-3H3/t17-,22-,26-/m1/s1. The number of imidazole rings is 1. The van der Waals surface area contributed by atoms with Crippen molar-refractivity contribution in [2.45, 2.75) is 44.3 Å². The fourth-order valence-electron chi connectivity index (χ4n) is 7.01. The summed E-state index contributed by atoms with van der Waals surface area (Å²) in [5.41, 5.74) is 13.1. The third-order valence-corrected chi connectivity index (χ3v) is 10.2. The number of aryl methyl sites for hydroxylation is 2. The van der Waals surface area contributed by atoms with E-state index in [1.807, 2.05) is 42.0 Å². The molecule has 3 fully saturated rings. The van der Waals surface area contributed by atoms with Crippen molar-refractivity contribution in [3.63, 3.8) is 0 Å². The summed E-state index contributed by atoms with van der Waals surface area (Å²) in [7, 11) is 5.65. The van der Waals surface area contributed by atoms with Gasteiger partial charge in [-0.05, 0) is 61.8 Å². The van der Waals surface area contributed by atoms with Crippen LogP contribution in [-0.4, -0.2) is 60.4 Å². The second kappa shape index (κ2) is 8.68. The Balaban J connectivity index is 1.26. The fraction of sp³-hybridized carbons (Fsp3) is 0.433. The third-order valence-electron chi connectivity index (χ3n) is 9.29. The van der Waals surface area contributed by atoms with E-state index in [0.29, 0.717) is 23.1 Å². The van der Waals surface area contributed by atoms with Crippen LogP contribution in [0.2, 0.25) is 0 Å². The Morgan fingerprint density at radius 1 is 1.15 bits per heavy atom. The predicted molar refractivity (Wildman–Crippen MR) is 157 cm³/mol. The lowest BCUT2D eigenvalue weighted by Crippen LogP contribution is -2.41. The molecule has 40 heavy (non-hydrogen) atoms. The monoisotopic (exact) mass is 555 g/mol. The minimum absolute atomic E-state index is 0.0210. The molecule has 1 aliphatic heterocycles. The van der Waals surface area contributed by atoms with E-state index in [1.165, 1.54) is 23.1 Å². The zero-order valence-electron chi connectivity index (χ0n) is 23.0. The topological polar surface area (TPSA) is 96.1 Å². The van der Waals surface area contributed by atoms with Crippen LogP contribution in [0.3, 0.4) is 0 Å². The summed E-state index contributed by atoms with van der Waals surface area (Å²) < 4.78 is 13.5. The summed E-state index contributed by atoms with van der Waals surface area (Å²) in [5, 5.41) is 6.92. The molecule has 1 amide bonds. The Hall–Kier alpha value is -3.63. The molecule has 2 aliphatic carbocycles. The van der Waals surface area contributed by atoms with E-state index in [9.17, 15) is 4.79 Å². The number of nitrogens with zero attached hydrogens (tertiary/aromatic N) is 6. The summed E-state index contributed by atoms with van der Waals surface area (Å²) in [6.45, 7) is 1.69. The molecule has 4 aromatic heterocycles. The molecule has 5 heterocycles. The summed E-state index contributed by atoms with van der Waals surface area (Å²) >= 11 is 1.75. The zero-order chi connectivity index (χ0) is 27.3. The quantitative estimate of drug-likeness (QED) is 0.329. The minimum Gasteiger partial charge on any atom is -0.494 e. The van der Waals surface area contributed by atoms with E-state index in [4.69, 9.17) is 20.6 Å². The Morgan fingerprint density at radius 2 is 2.00 bits per heavy atom. The van der Waals surface area contributed by atoms with Gasteiger partial charge in [0.2, 0.25) is 0 Å². The van der Waals surface area contributed by atoms with Crippen LogP contribution >= 0.6 is 11.3 Å². The number of likely N-dealkylation sites (tertiary alicyclic amines) is 1. The van der Waals surface area contributed by atoms with Crippen LogP contribution in [0.5, 0.6) is 5.75 Å². The van der Waals surface area contributed by atoms with Gasteiger partial charge in [-0.2, -0.15) is 5.10 Å². The number of hydrogen-bond acceptors (Lipinski definition) is 6. The molecule has 0 radical (unpaired) electrons. The first-order valence-corrected chi connectivity index (χ1v) is 15.0. The van der Waals surface area contributed by atoms with Gasteiger partial charge in [-0.25, -0.2) is 4.98 Å². The molecule has 1 saturated heterocycles. The second-order valence-electron chi connectivity index (χ2n) is 11.8. The Bertz CT molecular complexity index is 1810. The highest BCUT2D eigenvalue weighted by molar-refractivity contribution is 7.17. The summed E-state index contributed by atoms with van der Waals surface area (Å²) in [6.07, 6.45) is 6.60. The maximum Gasteiger partial charge on any atom is 0.254 e. The minimum atomic E-state index is 0.0210. The highest BCUT2D eigenvalue weighted by Crippen LogP contribution is 2.43. The van der Waals surface area contributed by atoms with Gasteiger partial charge in [0.05, 0.1) is 34.2 Å². The first kappa shape index (κ1) is 24.2. The number of hydrogen-bond donors (Lipinski definition) is 1. The summed E-state index contributed by atoms with van der Waals surface area (Å²) in [6, 6.07) is 8.35. The number of carbonyl (C=O) groups is 1. The molecule has 0 spiro atoms. The Labute approximate surface area is 236 Å². The number of piperidine rings is 1. The van der Waals surface area contributed by atoms with Crippen LogP contribution in [0.1, 0.15) is 36.0 Å². The van der Waals surface area contributed by atoms with Gasteiger partial charge in [0.25, 0.3) is 5.91 Å². The molecule has 206 valence electrons. The number of rotatable bonds is 6. The van der Waals surface area contributed by atoms with Crippen molar-refractivity contribution in [2.24, 2.45) is 31.7 Å². The highest BCUT2D eigenvalue weighted by atomic mass is 32.1. The van der Waals surface area contributed by atoms with Crippen molar-refractivity contribution < 1.29 is 9.53 Å². The molecule has 3 aliphatic rings. The molecule has 3 atom stereocenters. The molecule has 1 aromatic carbocycles. The maximum atomic E-state index is 13.7. The lowest BCUT2D eigenvalue weighted by atomic mass is 10.1. The van der Waals surface area contributed by atoms with E-state index in [-0.39, 0.29) is 18.0 Å². The Morgan fingerprint density at radius 3 is 2.67 bits per heavy atom. The number of aromatic nitrogens is 5. The average Bonchev–Trinajstić information content (AvgIpc) is 3.40. The number of thiophene rings is 1. The molecule has 10 heteroatoms. The highest BCUT2D eigenvalue weighted by Gasteiger charge is 2.47. The van der Waals surface area contributed by atoms with E-state index >= 15 is 0 Å². The summed E-state index contributed by atoms with van der Waals surface area (Å²) in [4.78, 5) is 20.8. The first-order valence-electron chi connectivity index (χ1n) is 14.1.